The van der Waals surface area contributed by atoms with Gasteiger partial charge in [0.25, 0.3) is 0 Å². The molecule has 60 valence electrons. The van der Waals surface area contributed by atoms with Gasteiger partial charge in [0.15, 0.2) is 0 Å². The molecule has 0 spiro atoms. The van der Waals surface area contributed by atoms with Crippen molar-refractivity contribution in [2.24, 2.45) is 17.6 Å². The zero-order valence-electron chi connectivity index (χ0n) is 5.49. The summed E-state index contributed by atoms with van der Waals surface area (Å²) in [5.41, 5.74) is 5.18. The molecule has 2 atom stereocenters. The molecule has 0 aliphatic heterocycles. The van der Waals surface area contributed by atoms with E-state index in [1.807, 2.05) is 0 Å². The smallest absolute Gasteiger partial charge is 0.330 e. The molecular formula is C6H10F3N. The van der Waals surface area contributed by atoms with Crippen LogP contribution in [0.1, 0.15) is 12.8 Å². The summed E-state index contributed by atoms with van der Waals surface area (Å²) >= 11 is 0. The molecule has 1 aliphatic rings. The quantitative estimate of drug-likeness (QED) is 0.639. The lowest BCUT2D eigenvalue weighted by atomic mass is 10.2. The average molecular weight is 153 g/mol. The number of hydrogen-bond donors (Lipinski definition) is 1. The van der Waals surface area contributed by atoms with Crippen LogP contribution in [0.2, 0.25) is 0 Å². The van der Waals surface area contributed by atoms with Gasteiger partial charge in [-0.2, -0.15) is 13.2 Å². The molecular weight excluding hydrogens is 143 g/mol. The predicted molar refractivity (Wildman–Crippen MR) is 31.3 cm³/mol. The molecule has 10 heavy (non-hydrogen) atoms. The lowest BCUT2D eigenvalue weighted by Crippen LogP contribution is -2.10. The van der Waals surface area contributed by atoms with Crippen molar-refractivity contribution in [3.63, 3.8) is 0 Å². The van der Waals surface area contributed by atoms with Crippen molar-refractivity contribution in [3.8, 4) is 0 Å². The van der Waals surface area contributed by atoms with Crippen LogP contribution >= 0.6 is 0 Å². The standard InChI is InChI=1S/C6H10F3N/c7-6(8,9)2-4-1-5(4)3-10/h4-5H,1-3,10H2/t4-,5-/m0/s1. The molecule has 0 radical (unpaired) electrons. The highest BCUT2D eigenvalue weighted by Gasteiger charge is 2.43. The number of hydrogen-bond acceptors (Lipinski definition) is 1. The van der Waals surface area contributed by atoms with Crippen LogP contribution in [-0.2, 0) is 0 Å². The molecule has 0 heterocycles. The van der Waals surface area contributed by atoms with Crippen molar-refractivity contribution in [2.45, 2.75) is 19.0 Å². The van der Waals surface area contributed by atoms with Crippen LogP contribution in [0.15, 0.2) is 0 Å². The molecule has 1 saturated carbocycles. The van der Waals surface area contributed by atoms with Gasteiger partial charge < -0.3 is 5.73 Å². The first-order valence-electron chi connectivity index (χ1n) is 3.30. The lowest BCUT2D eigenvalue weighted by molar-refractivity contribution is -0.138. The normalized spacial score (nSPS) is 32.4. The minimum absolute atomic E-state index is 0.140. The van der Waals surface area contributed by atoms with Crippen LogP contribution in [0.25, 0.3) is 0 Å². The lowest BCUT2D eigenvalue weighted by Gasteiger charge is -2.03. The highest BCUT2D eigenvalue weighted by molar-refractivity contribution is 4.88. The minimum atomic E-state index is -3.99. The fourth-order valence-corrected chi connectivity index (χ4v) is 1.15. The van der Waals surface area contributed by atoms with Gasteiger partial charge >= 0.3 is 6.18 Å². The van der Waals surface area contributed by atoms with Gasteiger partial charge in [0.1, 0.15) is 0 Å². The van der Waals surface area contributed by atoms with Gasteiger partial charge in [0, 0.05) is 6.42 Å². The van der Waals surface area contributed by atoms with Gasteiger partial charge in [-0.1, -0.05) is 0 Å². The van der Waals surface area contributed by atoms with Crippen molar-refractivity contribution in [3.05, 3.63) is 0 Å². The van der Waals surface area contributed by atoms with Gasteiger partial charge in [-0.05, 0) is 24.8 Å². The third-order valence-electron chi connectivity index (χ3n) is 1.87. The molecule has 1 fully saturated rings. The maximum Gasteiger partial charge on any atom is 0.389 e. The summed E-state index contributed by atoms with van der Waals surface area (Å²) < 4.78 is 34.8. The Morgan fingerprint density at radius 2 is 1.90 bits per heavy atom. The topological polar surface area (TPSA) is 26.0 Å². The molecule has 0 aromatic heterocycles. The molecule has 1 nitrogen and oxygen atoms in total. The first-order valence-corrected chi connectivity index (χ1v) is 3.30. The van der Waals surface area contributed by atoms with Gasteiger partial charge in [0.2, 0.25) is 0 Å². The molecule has 1 aliphatic carbocycles. The summed E-state index contributed by atoms with van der Waals surface area (Å²) in [6.45, 7) is 0.404. The fourth-order valence-electron chi connectivity index (χ4n) is 1.15. The van der Waals surface area contributed by atoms with E-state index in [1.165, 1.54) is 0 Å². The maximum atomic E-state index is 11.6. The number of nitrogens with two attached hydrogens (primary N) is 1. The number of alkyl halides is 3. The van der Waals surface area contributed by atoms with Crippen molar-refractivity contribution in [1.29, 1.82) is 0 Å². The Morgan fingerprint density at radius 1 is 1.30 bits per heavy atom. The summed E-state index contributed by atoms with van der Waals surface area (Å²) in [5, 5.41) is 0. The van der Waals surface area contributed by atoms with E-state index in [1.54, 1.807) is 0 Å². The van der Waals surface area contributed by atoms with E-state index in [4.69, 9.17) is 5.73 Å². The van der Waals surface area contributed by atoms with Gasteiger partial charge in [0.05, 0.1) is 0 Å². The predicted octanol–water partition coefficient (Wildman–Crippen LogP) is 1.53. The monoisotopic (exact) mass is 153 g/mol. The zero-order valence-corrected chi connectivity index (χ0v) is 5.49. The molecule has 0 bridgehead atoms. The van der Waals surface area contributed by atoms with Gasteiger partial charge in [-0.25, -0.2) is 0 Å². The van der Waals surface area contributed by atoms with Crippen LogP contribution < -0.4 is 5.73 Å². The van der Waals surface area contributed by atoms with E-state index in [2.05, 4.69) is 0 Å². The first kappa shape index (κ1) is 7.85. The van der Waals surface area contributed by atoms with Gasteiger partial charge in [-0.3, -0.25) is 0 Å². The van der Waals surface area contributed by atoms with Gasteiger partial charge in [-0.15, -0.1) is 0 Å². The fraction of sp³-hybridized carbons (Fsp3) is 1.00. The first-order chi connectivity index (χ1) is 4.53. The Balaban J connectivity index is 2.18. The molecule has 4 heteroatoms. The third-order valence-corrected chi connectivity index (χ3v) is 1.87. The van der Waals surface area contributed by atoms with E-state index in [-0.39, 0.29) is 11.8 Å². The summed E-state index contributed by atoms with van der Waals surface area (Å²) in [4.78, 5) is 0. The van der Waals surface area contributed by atoms with E-state index in [0.29, 0.717) is 13.0 Å². The Morgan fingerprint density at radius 3 is 2.20 bits per heavy atom. The van der Waals surface area contributed by atoms with Crippen molar-refractivity contribution in [1.82, 2.24) is 0 Å². The van der Waals surface area contributed by atoms with E-state index in [0.717, 1.165) is 0 Å². The second-order valence-electron chi connectivity index (χ2n) is 2.81. The number of rotatable bonds is 2. The second-order valence-corrected chi connectivity index (χ2v) is 2.81. The van der Waals surface area contributed by atoms with E-state index < -0.39 is 12.6 Å². The Hall–Kier alpha value is -0.250. The maximum absolute atomic E-state index is 11.6. The molecule has 0 aromatic carbocycles. The molecule has 0 saturated heterocycles. The zero-order chi connectivity index (χ0) is 7.78. The summed E-state index contributed by atoms with van der Waals surface area (Å²) in [5.74, 6) is -0.0355. The van der Waals surface area contributed by atoms with E-state index in [9.17, 15) is 13.2 Å². The average Bonchev–Trinajstić information content (AvgIpc) is 2.42. The Bertz CT molecular complexity index is 121. The van der Waals surface area contributed by atoms with Crippen molar-refractivity contribution >= 4 is 0 Å². The molecule has 0 aromatic rings. The molecule has 1 rings (SSSR count). The van der Waals surface area contributed by atoms with Crippen LogP contribution in [0, 0.1) is 11.8 Å². The largest absolute Gasteiger partial charge is 0.389 e. The van der Waals surface area contributed by atoms with Crippen LogP contribution in [0.5, 0.6) is 0 Å². The minimum Gasteiger partial charge on any atom is -0.330 e. The van der Waals surface area contributed by atoms with Crippen LogP contribution in [-0.4, -0.2) is 12.7 Å². The van der Waals surface area contributed by atoms with Crippen molar-refractivity contribution in [2.75, 3.05) is 6.54 Å². The van der Waals surface area contributed by atoms with Crippen LogP contribution in [0.3, 0.4) is 0 Å². The van der Waals surface area contributed by atoms with Crippen LogP contribution in [0.4, 0.5) is 13.2 Å². The Labute approximate surface area is 57.4 Å². The SMILES string of the molecule is NC[C@@H]1C[C@H]1CC(F)(F)F. The highest BCUT2D eigenvalue weighted by Crippen LogP contribution is 2.44. The molecule has 2 N–H and O–H groups in total. The summed E-state index contributed by atoms with van der Waals surface area (Å²) in [6, 6.07) is 0. The number of halogens is 3. The molecule has 0 amide bonds. The highest BCUT2D eigenvalue weighted by atomic mass is 19.4. The summed E-state index contributed by atoms with van der Waals surface area (Å²) in [7, 11) is 0. The second kappa shape index (κ2) is 2.42. The third kappa shape index (κ3) is 2.17. The summed E-state index contributed by atoms with van der Waals surface area (Å²) in [6.07, 6.45) is -3.97. The Kier molecular flexibility index (Phi) is 1.90. The molecule has 0 unspecified atom stereocenters. The van der Waals surface area contributed by atoms with Crippen molar-refractivity contribution < 1.29 is 13.2 Å². The van der Waals surface area contributed by atoms with E-state index >= 15 is 0 Å².